The first kappa shape index (κ1) is 8.12. The molecule has 0 bridgehead atoms. The van der Waals surface area contributed by atoms with Crippen molar-refractivity contribution < 1.29 is 15.7 Å². The summed E-state index contributed by atoms with van der Waals surface area (Å²) in [5, 5.41) is 0. The molecule has 10 saturated heterocycles. The number of hydrogen-bond donors (Lipinski definition) is 0. The summed E-state index contributed by atoms with van der Waals surface area (Å²) in [6.07, 6.45) is 1.58. The van der Waals surface area contributed by atoms with E-state index in [0.29, 0.717) is 4.31 Å². The third-order valence-electron chi connectivity index (χ3n) is 16.1. The van der Waals surface area contributed by atoms with E-state index >= 15 is 0 Å². The van der Waals surface area contributed by atoms with Gasteiger partial charge < -0.3 is 0 Å². The average molecular weight is 316 g/mol. The van der Waals surface area contributed by atoms with Crippen LogP contribution in [0.2, 0.25) is 66.8 Å². The second-order valence-electron chi connectivity index (χ2n) is 12.5. The van der Waals surface area contributed by atoms with Crippen molar-refractivity contribution >= 4 is 14.6 Å². The van der Waals surface area contributed by atoms with Crippen LogP contribution >= 0.6 is 0 Å². The summed E-state index contributed by atoms with van der Waals surface area (Å²) in [6, 6.07) is 0. The topological polar surface area (TPSA) is 26.3 Å². The molecule has 0 aromatic rings. The number of aldehydes is 1. The predicted molar refractivity (Wildman–Crippen MR) is 70.7 cm³/mol. The number of hydrogen-bond acceptors (Lipinski definition) is 2. The second-order valence-corrected chi connectivity index (χ2v) is 40.4. The molecule has 10 rings (SSSR count). The van der Waals surface area contributed by atoms with Crippen LogP contribution in [0.25, 0.3) is 0 Å². The molecule has 4 heteroatoms. The SMILES string of the molecule is C[Si](C)(C)OC[C]12[CH]3[CH]4[CH]5[CH]1[Fe]45321678[CH]2[CH]1[CH]6[C]7(C=O)[CH]28. The van der Waals surface area contributed by atoms with Crippen LogP contribution in [0, 0.1) is 0 Å². The van der Waals surface area contributed by atoms with E-state index in [1.807, 2.05) is 0 Å². The molecule has 0 saturated carbocycles. The number of rotatable bonds is 4. The quantitative estimate of drug-likeness (QED) is 0.575. The molecule has 0 aromatic heterocycles. The predicted octanol–water partition coefficient (Wildman–Crippen LogP) is 4.17. The van der Waals surface area contributed by atoms with Gasteiger partial charge in [-0.15, -0.1) is 0 Å². The van der Waals surface area contributed by atoms with Crippen LogP contribution in [-0.2, 0) is 15.7 Å². The Kier molecular flexibility index (Phi) is 0.290. The molecule has 0 aromatic carbocycles. The first-order chi connectivity index (χ1) is 8.70. The minimum atomic E-state index is -3.34. The molecule has 19 heavy (non-hydrogen) atoms. The second kappa shape index (κ2) is 0.678. The molecule has 8 atom stereocenters. The van der Waals surface area contributed by atoms with E-state index in [1.165, 1.54) is 28.9 Å². The van der Waals surface area contributed by atoms with Gasteiger partial charge >= 0.3 is 104 Å². The Morgan fingerprint density at radius 1 is 1.05 bits per heavy atom. The van der Waals surface area contributed by atoms with Crippen molar-refractivity contribution in [2.24, 2.45) is 0 Å². The normalized spacial score (nSPS) is 113. The molecular formula is C15H20FeO2Si. The molecule has 1 spiro atoms. The van der Waals surface area contributed by atoms with E-state index in [2.05, 4.69) is 19.6 Å². The zero-order chi connectivity index (χ0) is 12.6. The van der Waals surface area contributed by atoms with Gasteiger partial charge in [0, 0.05) is 0 Å². The molecule has 0 amide bonds. The Hall–Kier alpha value is 0.366. The zero-order valence-corrected chi connectivity index (χ0v) is 13.7. The fraction of sp³-hybridized carbons (Fsp3) is 0.933. The molecule has 10 aliphatic heterocycles. The van der Waals surface area contributed by atoms with Gasteiger partial charge in [-0.1, -0.05) is 0 Å². The Balaban J connectivity index is 1.42. The maximum atomic E-state index is 12.1. The van der Waals surface area contributed by atoms with E-state index < -0.39 is 14.8 Å². The van der Waals surface area contributed by atoms with Crippen LogP contribution in [0.4, 0.5) is 0 Å². The molecular weight excluding hydrogens is 296 g/mol. The molecule has 10 fully saturated rings. The third kappa shape index (κ3) is 0.0881. The van der Waals surface area contributed by atoms with Gasteiger partial charge in [0.2, 0.25) is 0 Å². The van der Waals surface area contributed by atoms with Crippen molar-refractivity contribution in [3.8, 4) is 0 Å². The van der Waals surface area contributed by atoms with Gasteiger partial charge in [-0.25, -0.2) is 0 Å². The summed E-state index contributed by atoms with van der Waals surface area (Å²) in [5.74, 6) is 0. The van der Waals surface area contributed by atoms with E-state index in [1.54, 1.807) is 6.29 Å². The Labute approximate surface area is 104 Å². The summed E-state index contributed by atoms with van der Waals surface area (Å²) >= 11 is 0. The van der Waals surface area contributed by atoms with Crippen molar-refractivity contribution in [1.29, 1.82) is 0 Å². The van der Waals surface area contributed by atoms with Crippen LogP contribution in [-0.4, -0.2) is 21.2 Å². The van der Waals surface area contributed by atoms with Gasteiger partial charge in [0.15, 0.2) is 0 Å². The van der Waals surface area contributed by atoms with Gasteiger partial charge in [-0.2, -0.15) is 0 Å². The molecule has 0 aliphatic carbocycles. The molecule has 0 radical (unpaired) electrons. The first-order valence-corrected chi connectivity index (χ1v) is 17.6. The number of carbonyl (C=O) groups is 1. The van der Waals surface area contributed by atoms with Crippen LogP contribution in [0.1, 0.15) is 0 Å². The Bertz CT molecular complexity index is 1080. The van der Waals surface area contributed by atoms with E-state index in [4.69, 9.17) is 4.43 Å². The van der Waals surface area contributed by atoms with Crippen LogP contribution < -0.4 is 0 Å². The van der Waals surface area contributed by atoms with E-state index in [9.17, 15) is 4.79 Å². The van der Waals surface area contributed by atoms with E-state index in [-0.39, 0.29) is 0 Å². The minimum absolute atomic E-state index is 0.428. The van der Waals surface area contributed by atoms with Crippen molar-refractivity contribution in [3.63, 3.8) is 0 Å². The van der Waals surface area contributed by atoms with Crippen LogP contribution in [0.5, 0.6) is 0 Å². The van der Waals surface area contributed by atoms with Crippen molar-refractivity contribution in [1.82, 2.24) is 0 Å². The zero-order valence-electron chi connectivity index (χ0n) is 11.6. The van der Waals surface area contributed by atoms with Crippen LogP contribution in [0.3, 0.4) is 0 Å². The summed E-state index contributed by atoms with van der Waals surface area (Å²) in [7, 11) is -1.39. The monoisotopic (exact) mass is 316 g/mol. The molecule has 10 aliphatic rings. The standard InChI is InChI=1S/C9H15OSi.C6H5O.Fe/c1-11(2,3)10-8-9-6-4-5-7-9;7-5-6-3-1-2-4-6;/h4-7H,8H2,1-3H3;1-5H;. The first-order valence-electron chi connectivity index (χ1n) is 8.01. The van der Waals surface area contributed by atoms with Gasteiger partial charge in [0.05, 0.1) is 0 Å². The molecule has 0 N–H and O–H groups in total. The number of carbonyl (C=O) groups excluding carboxylic acids is 1. The summed E-state index contributed by atoms with van der Waals surface area (Å²) in [5.41, 5.74) is 0. The van der Waals surface area contributed by atoms with Crippen molar-refractivity contribution in [2.45, 2.75) is 66.8 Å². The van der Waals surface area contributed by atoms with Gasteiger partial charge in [-0.3, -0.25) is 0 Å². The molecule has 104 valence electrons. The fourth-order valence-corrected chi connectivity index (χ4v) is 94.7. The van der Waals surface area contributed by atoms with Crippen molar-refractivity contribution in [2.75, 3.05) is 6.61 Å². The maximum absolute atomic E-state index is 12.1. The van der Waals surface area contributed by atoms with Gasteiger partial charge in [0.25, 0.3) is 0 Å². The Morgan fingerprint density at radius 2 is 1.58 bits per heavy atom. The molecule has 10 heterocycles. The summed E-state index contributed by atoms with van der Waals surface area (Å²) < 4.78 is 7.68. The summed E-state index contributed by atoms with van der Waals surface area (Å²) in [6.45, 7) is 4.82. The third-order valence-corrected chi connectivity index (χ3v) is 60.6. The summed E-state index contributed by atoms with van der Waals surface area (Å²) in [4.78, 5) is 21.5. The molecule has 2 nitrogen and oxygen atoms in total. The van der Waals surface area contributed by atoms with Crippen molar-refractivity contribution in [3.05, 3.63) is 0 Å². The fourth-order valence-electron chi connectivity index (χ4n) is 18.2. The number of fused-ring (bicyclic) bond motifs is 10. The van der Waals surface area contributed by atoms with E-state index in [0.717, 1.165) is 20.6 Å². The molecule has 8 unspecified atom stereocenters. The Morgan fingerprint density at radius 3 is 1.89 bits per heavy atom. The van der Waals surface area contributed by atoms with Crippen LogP contribution in [0.15, 0.2) is 0 Å². The average Bonchev–Trinajstić information content (AvgIpc) is 3.29. The van der Waals surface area contributed by atoms with Gasteiger partial charge in [0.1, 0.15) is 0 Å². The van der Waals surface area contributed by atoms with Gasteiger partial charge in [-0.05, 0) is 0 Å².